The number of nitrogens with zero attached hydrogens (tertiary/aromatic N) is 1. The third-order valence-corrected chi connectivity index (χ3v) is 3.52. The second-order valence-electron chi connectivity index (χ2n) is 5.04. The first-order valence-electron chi connectivity index (χ1n) is 6.45. The van der Waals surface area contributed by atoms with Crippen LogP contribution in [0, 0.1) is 11.8 Å². The molecule has 1 aromatic carbocycles. The van der Waals surface area contributed by atoms with E-state index in [1.807, 2.05) is 0 Å². The zero-order chi connectivity index (χ0) is 15.6. The van der Waals surface area contributed by atoms with Crippen LogP contribution in [0.5, 0.6) is 5.75 Å². The lowest BCUT2D eigenvalue weighted by molar-refractivity contribution is -0.142. The number of carbonyl (C=O) groups excluding carboxylic acids is 1. The number of rotatable bonds is 4. The summed E-state index contributed by atoms with van der Waals surface area (Å²) in [5.74, 6) is -2.17. The first-order chi connectivity index (χ1) is 9.88. The van der Waals surface area contributed by atoms with Crippen molar-refractivity contribution < 1.29 is 28.2 Å². The van der Waals surface area contributed by atoms with Gasteiger partial charge in [-0.15, -0.1) is 0 Å². The lowest BCUT2D eigenvalue weighted by Gasteiger charge is -2.16. The maximum atomic E-state index is 12.3. The van der Waals surface area contributed by atoms with Crippen molar-refractivity contribution in [3.8, 4) is 5.75 Å². The largest absolute Gasteiger partial charge is 0.481 e. The van der Waals surface area contributed by atoms with Crippen LogP contribution >= 0.6 is 0 Å². The van der Waals surface area contributed by atoms with Gasteiger partial charge in [0, 0.05) is 18.7 Å². The van der Waals surface area contributed by atoms with Crippen molar-refractivity contribution in [2.45, 2.75) is 13.5 Å². The van der Waals surface area contributed by atoms with Gasteiger partial charge in [0.25, 0.3) is 5.91 Å². The van der Waals surface area contributed by atoms with Crippen molar-refractivity contribution >= 4 is 11.9 Å². The summed E-state index contributed by atoms with van der Waals surface area (Å²) in [4.78, 5) is 24.8. The Morgan fingerprint density at radius 3 is 2.67 bits per heavy atom. The van der Waals surface area contributed by atoms with Gasteiger partial charge in [0.15, 0.2) is 0 Å². The molecule has 0 spiro atoms. The van der Waals surface area contributed by atoms with Gasteiger partial charge in [-0.05, 0) is 24.1 Å². The summed E-state index contributed by atoms with van der Waals surface area (Å²) in [5, 5.41) is 9.06. The van der Waals surface area contributed by atoms with Crippen LogP contribution in [0.25, 0.3) is 0 Å². The number of hydrogen-bond donors (Lipinski definition) is 1. The minimum absolute atomic E-state index is 0.0992. The summed E-state index contributed by atoms with van der Waals surface area (Å²) < 4.78 is 28.6. The molecule has 114 valence electrons. The predicted molar refractivity (Wildman–Crippen MR) is 69.3 cm³/mol. The maximum absolute atomic E-state index is 12.3. The number of halogens is 2. The van der Waals surface area contributed by atoms with Gasteiger partial charge in [-0.25, -0.2) is 0 Å². The molecule has 5 nitrogen and oxygen atoms in total. The number of hydrogen-bond acceptors (Lipinski definition) is 3. The summed E-state index contributed by atoms with van der Waals surface area (Å²) in [6.07, 6.45) is 0. The van der Waals surface area contributed by atoms with Crippen LogP contribution in [-0.2, 0) is 4.79 Å². The zero-order valence-corrected chi connectivity index (χ0v) is 11.3. The molecule has 7 heteroatoms. The molecule has 21 heavy (non-hydrogen) atoms. The molecule has 0 saturated carbocycles. The fourth-order valence-corrected chi connectivity index (χ4v) is 2.44. The smallest absolute Gasteiger partial charge is 0.387 e. The Bertz CT molecular complexity index is 550. The summed E-state index contributed by atoms with van der Waals surface area (Å²) in [7, 11) is 0. The monoisotopic (exact) mass is 299 g/mol. The molecule has 0 unspecified atom stereocenters. The topological polar surface area (TPSA) is 66.8 Å². The van der Waals surface area contributed by atoms with Gasteiger partial charge in [-0.3, -0.25) is 9.59 Å². The first-order valence-corrected chi connectivity index (χ1v) is 6.45. The van der Waals surface area contributed by atoms with Crippen LogP contribution in [0.1, 0.15) is 17.3 Å². The molecule has 1 fully saturated rings. The molecule has 1 N–H and O–H groups in total. The molecule has 1 saturated heterocycles. The van der Waals surface area contributed by atoms with E-state index in [1.54, 1.807) is 6.92 Å². The van der Waals surface area contributed by atoms with Crippen molar-refractivity contribution in [1.82, 2.24) is 4.90 Å². The average molecular weight is 299 g/mol. The van der Waals surface area contributed by atoms with Gasteiger partial charge in [-0.1, -0.05) is 13.0 Å². The van der Waals surface area contributed by atoms with Crippen molar-refractivity contribution in [3.05, 3.63) is 29.8 Å². The van der Waals surface area contributed by atoms with E-state index in [0.29, 0.717) is 6.54 Å². The number of likely N-dealkylation sites (tertiary alicyclic amines) is 1. The average Bonchev–Trinajstić information content (AvgIpc) is 2.79. The highest BCUT2D eigenvalue weighted by atomic mass is 19.3. The molecule has 0 aromatic heterocycles. The van der Waals surface area contributed by atoms with Gasteiger partial charge in [0.05, 0.1) is 5.92 Å². The Balaban J connectivity index is 2.12. The Labute approximate surface area is 120 Å². The van der Waals surface area contributed by atoms with Gasteiger partial charge in [0.2, 0.25) is 0 Å². The lowest BCUT2D eigenvalue weighted by atomic mass is 9.99. The number of ether oxygens (including phenoxy) is 1. The fourth-order valence-electron chi connectivity index (χ4n) is 2.44. The van der Waals surface area contributed by atoms with E-state index in [0.717, 1.165) is 0 Å². The van der Waals surface area contributed by atoms with Crippen molar-refractivity contribution in [2.75, 3.05) is 13.1 Å². The normalized spacial score (nSPS) is 21.6. The minimum Gasteiger partial charge on any atom is -0.481 e. The second-order valence-corrected chi connectivity index (χ2v) is 5.04. The van der Waals surface area contributed by atoms with Crippen LogP contribution in [-0.4, -0.2) is 41.6 Å². The highest BCUT2D eigenvalue weighted by Gasteiger charge is 2.37. The summed E-state index contributed by atoms with van der Waals surface area (Å²) in [6, 6.07) is 5.49. The molecule has 0 radical (unpaired) electrons. The Morgan fingerprint density at radius 2 is 2.10 bits per heavy atom. The van der Waals surface area contributed by atoms with E-state index in [9.17, 15) is 18.4 Å². The second kappa shape index (κ2) is 6.07. The third-order valence-electron chi connectivity index (χ3n) is 3.52. The minimum atomic E-state index is -2.96. The molecule has 1 heterocycles. The number of alkyl halides is 2. The van der Waals surface area contributed by atoms with E-state index >= 15 is 0 Å². The van der Waals surface area contributed by atoms with Crippen LogP contribution in [0.3, 0.4) is 0 Å². The van der Waals surface area contributed by atoms with Crippen LogP contribution in [0.15, 0.2) is 24.3 Å². The molecule has 2 atom stereocenters. The highest BCUT2D eigenvalue weighted by molar-refractivity contribution is 5.95. The maximum Gasteiger partial charge on any atom is 0.387 e. The van der Waals surface area contributed by atoms with Crippen molar-refractivity contribution in [1.29, 1.82) is 0 Å². The van der Waals surface area contributed by atoms with Crippen molar-refractivity contribution in [3.63, 3.8) is 0 Å². The number of aliphatic carboxylic acids is 1. The summed E-state index contributed by atoms with van der Waals surface area (Å²) >= 11 is 0. The standard InChI is InChI=1S/C14H15F2NO4/c1-8-6-17(7-11(8)13(19)20)12(18)9-3-2-4-10(5-9)21-14(15)16/h2-5,8,11,14H,6-7H2,1H3,(H,19,20)/t8-,11-/m1/s1. The van der Waals surface area contributed by atoms with Gasteiger partial charge < -0.3 is 14.7 Å². The fraction of sp³-hybridized carbons (Fsp3) is 0.429. The summed E-state index contributed by atoms with van der Waals surface area (Å²) in [5.41, 5.74) is 0.200. The molecular weight excluding hydrogens is 284 g/mol. The van der Waals surface area contributed by atoms with E-state index in [1.165, 1.54) is 29.2 Å². The van der Waals surface area contributed by atoms with E-state index < -0.39 is 18.5 Å². The lowest BCUT2D eigenvalue weighted by Crippen LogP contribution is -2.29. The van der Waals surface area contributed by atoms with E-state index in [4.69, 9.17) is 5.11 Å². The van der Waals surface area contributed by atoms with Gasteiger partial charge in [0.1, 0.15) is 5.75 Å². The van der Waals surface area contributed by atoms with Crippen molar-refractivity contribution in [2.24, 2.45) is 11.8 Å². The number of carboxylic acid groups (broad SMARTS) is 1. The Morgan fingerprint density at radius 1 is 1.38 bits per heavy atom. The molecular formula is C14H15F2NO4. The number of carboxylic acids is 1. The quantitative estimate of drug-likeness (QED) is 0.924. The Hall–Kier alpha value is -2.18. The molecule has 0 aliphatic carbocycles. The third kappa shape index (κ3) is 3.48. The number of benzene rings is 1. The van der Waals surface area contributed by atoms with Gasteiger partial charge >= 0.3 is 12.6 Å². The molecule has 0 bridgehead atoms. The number of carbonyl (C=O) groups is 2. The molecule has 2 rings (SSSR count). The van der Waals surface area contributed by atoms with Crippen LogP contribution < -0.4 is 4.74 Å². The van der Waals surface area contributed by atoms with E-state index in [-0.39, 0.29) is 29.7 Å². The van der Waals surface area contributed by atoms with Crippen LogP contribution in [0.4, 0.5) is 8.78 Å². The highest BCUT2D eigenvalue weighted by Crippen LogP contribution is 2.25. The van der Waals surface area contributed by atoms with E-state index in [2.05, 4.69) is 4.74 Å². The zero-order valence-electron chi connectivity index (χ0n) is 11.3. The molecule has 1 aromatic rings. The summed E-state index contributed by atoms with van der Waals surface area (Å²) in [6.45, 7) is -0.744. The van der Waals surface area contributed by atoms with Gasteiger partial charge in [-0.2, -0.15) is 8.78 Å². The molecule has 1 aliphatic heterocycles. The van der Waals surface area contributed by atoms with Crippen LogP contribution in [0.2, 0.25) is 0 Å². The SMILES string of the molecule is C[C@@H]1CN(C(=O)c2cccc(OC(F)F)c2)C[C@H]1C(=O)O. The molecule has 1 amide bonds. The number of amides is 1. The first kappa shape index (κ1) is 15.2. The predicted octanol–water partition coefficient (Wildman–Crippen LogP) is 2.08. The Kier molecular flexibility index (Phi) is 4.40. The molecule has 1 aliphatic rings.